The van der Waals surface area contributed by atoms with Crippen LogP contribution in [-0.2, 0) is 9.59 Å². The van der Waals surface area contributed by atoms with Crippen molar-refractivity contribution in [1.82, 2.24) is 4.90 Å². The van der Waals surface area contributed by atoms with E-state index < -0.39 is 10.8 Å². The average Bonchev–Trinajstić information content (AvgIpc) is 2.34. The maximum absolute atomic E-state index is 12.9. The molecule has 3 nitrogen and oxygen atoms in total. The lowest BCUT2D eigenvalue weighted by molar-refractivity contribution is -0.144. The van der Waals surface area contributed by atoms with E-state index in [-0.39, 0.29) is 23.0 Å². The van der Waals surface area contributed by atoms with Gasteiger partial charge in [0.2, 0.25) is 5.91 Å². The Morgan fingerprint density at radius 2 is 1.43 bits per heavy atom. The number of hydrogen-bond acceptors (Lipinski definition) is 2. The smallest absolute Gasteiger partial charge is 0.228 e. The van der Waals surface area contributed by atoms with Crippen LogP contribution in [-0.4, -0.2) is 30.2 Å². The third-order valence-corrected chi connectivity index (χ3v) is 4.59. The second kappa shape index (κ2) is 7.81. The number of amides is 1. The fourth-order valence-electron chi connectivity index (χ4n) is 4.04. The minimum absolute atomic E-state index is 0.00267. The van der Waals surface area contributed by atoms with Crippen LogP contribution in [0, 0.1) is 22.2 Å². The van der Waals surface area contributed by atoms with Crippen LogP contribution in [0.4, 0.5) is 0 Å². The fraction of sp³-hybridized carbons (Fsp3) is 0.900. The van der Waals surface area contributed by atoms with Crippen LogP contribution < -0.4 is 0 Å². The highest BCUT2D eigenvalue weighted by molar-refractivity contribution is 5.88. The predicted octanol–water partition coefficient (Wildman–Crippen LogP) is 4.94. The Labute approximate surface area is 144 Å². The Hall–Kier alpha value is -0.860. The summed E-state index contributed by atoms with van der Waals surface area (Å²) in [6.07, 6.45) is 2.80. The van der Waals surface area contributed by atoms with Crippen molar-refractivity contribution in [2.75, 3.05) is 13.6 Å². The van der Waals surface area contributed by atoms with Gasteiger partial charge >= 0.3 is 0 Å². The molecule has 0 unspecified atom stereocenters. The van der Waals surface area contributed by atoms with E-state index in [0.29, 0.717) is 6.42 Å². The summed E-state index contributed by atoms with van der Waals surface area (Å²) in [5.74, 6) is 0.357. The summed E-state index contributed by atoms with van der Waals surface area (Å²) in [6, 6.07) is 0. The van der Waals surface area contributed by atoms with Crippen molar-refractivity contribution in [1.29, 1.82) is 0 Å². The molecule has 0 aliphatic heterocycles. The second-order valence-corrected chi connectivity index (χ2v) is 9.54. The van der Waals surface area contributed by atoms with Gasteiger partial charge in [-0.1, -0.05) is 68.7 Å². The SMILES string of the molecule is CCCC(C)(C)CN(C)C(=O)C(C)(C)CC(C)(C)C(=O)C(C)C. The van der Waals surface area contributed by atoms with Crippen LogP contribution in [0.15, 0.2) is 0 Å². The maximum Gasteiger partial charge on any atom is 0.228 e. The molecular formula is C20H39NO2. The van der Waals surface area contributed by atoms with Gasteiger partial charge in [-0.05, 0) is 18.3 Å². The molecule has 0 bridgehead atoms. The summed E-state index contributed by atoms with van der Waals surface area (Å²) < 4.78 is 0. The van der Waals surface area contributed by atoms with Crippen LogP contribution in [0.3, 0.4) is 0 Å². The molecule has 0 aromatic carbocycles. The molecule has 0 aliphatic rings. The van der Waals surface area contributed by atoms with Gasteiger partial charge < -0.3 is 4.90 Å². The Kier molecular flexibility index (Phi) is 7.52. The quantitative estimate of drug-likeness (QED) is 0.602. The summed E-state index contributed by atoms with van der Waals surface area (Å²) >= 11 is 0. The summed E-state index contributed by atoms with van der Waals surface area (Å²) in [6.45, 7) is 19.1. The first-order valence-corrected chi connectivity index (χ1v) is 8.96. The van der Waals surface area contributed by atoms with E-state index >= 15 is 0 Å². The number of ketones is 1. The molecule has 0 radical (unpaired) electrons. The molecule has 0 aliphatic carbocycles. The molecule has 1 amide bonds. The summed E-state index contributed by atoms with van der Waals surface area (Å²) in [7, 11) is 1.89. The van der Waals surface area contributed by atoms with Gasteiger partial charge in [-0.15, -0.1) is 0 Å². The number of nitrogens with zero attached hydrogens (tertiary/aromatic N) is 1. The Morgan fingerprint density at radius 3 is 1.83 bits per heavy atom. The van der Waals surface area contributed by atoms with Gasteiger partial charge in [-0.3, -0.25) is 9.59 Å². The van der Waals surface area contributed by atoms with Crippen molar-refractivity contribution >= 4 is 11.7 Å². The molecule has 0 atom stereocenters. The molecule has 0 spiro atoms. The monoisotopic (exact) mass is 325 g/mol. The van der Waals surface area contributed by atoms with E-state index in [2.05, 4.69) is 20.8 Å². The lowest BCUT2D eigenvalue weighted by Crippen LogP contribution is -2.45. The lowest BCUT2D eigenvalue weighted by Gasteiger charge is -2.38. The molecule has 0 N–H and O–H groups in total. The molecule has 23 heavy (non-hydrogen) atoms. The van der Waals surface area contributed by atoms with Crippen molar-refractivity contribution in [3.63, 3.8) is 0 Å². The zero-order valence-corrected chi connectivity index (χ0v) is 17.2. The molecule has 136 valence electrons. The number of rotatable bonds is 9. The second-order valence-electron chi connectivity index (χ2n) is 9.54. The van der Waals surface area contributed by atoms with E-state index in [1.165, 1.54) is 0 Å². The molecular weight excluding hydrogens is 286 g/mol. The van der Waals surface area contributed by atoms with Gasteiger partial charge in [0.05, 0.1) is 0 Å². The van der Waals surface area contributed by atoms with Crippen molar-refractivity contribution in [3.05, 3.63) is 0 Å². The Bertz CT molecular complexity index is 419. The Balaban J connectivity index is 5.06. The summed E-state index contributed by atoms with van der Waals surface area (Å²) in [5.41, 5.74) is -0.892. The zero-order valence-electron chi connectivity index (χ0n) is 17.2. The van der Waals surface area contributed by atoms with E-state index in [9.17, 15) is 9.59 Å². The standard InChI is InChI=1S/C20H39NO2/c1-11-12-18(4,5)14-21(10)17(23)20(8,9)13-19(6,7)16(22)15(2)3/h15H,11-14H2,1-10H3. The van der Waals surface area contributed by atoms with E-state index in [4.69, 9.17) is 0 Å². The lowest BCUT2D eigenvalue weighted by atomic mass is 9.70. The van der Waals surface area contributed by atoms with Crippen LogP contribution in [0.25, 0.3) is 0 Å². The first-order valence-electron chi connectivity index (χ1n) is 8.96. The molecule has 0 saturated heterocycles. The maximum atomic E-state index is 12.9. The average molecular weight is 326 g/mol. The topological polar surface area (TPSA) is 37.4 Å². The van der Waals surface area contributed by atoms with E-state index in [1.807, 2.05) is 53.5 Å². The zero-order chi connectivity index (χ0) is 18.6. The highest BCUT2D eigenvalue weighted by atomic mass is 16.2. The number of Topliss-reactive ketones (excluding diaryl/α,β-unsaturated/α-hetero) is 1. The van der Waals surface area contributed by atoms with Crippen LogP contribution in [0.2, 0.25) is 0 Å². The minimum Gasteiger partial charge on any atom is -0.345 e. The number of carbonyl (C=O) groups is 2. The molecule has 0 rings (SSSR count). The normalized spacial score (nSPS) is 13.3. The predicted molar refractivity (Wildman–Crippen MR) is 98.4 cm³/mol. The van der Waals surface area contributed by atoms with Gasteiger partial charge in [0.1, 0.15) is 5.78 Å². The summed E-state index contributed by atoms with van der Waals surface area (Å²) in [4.78, 5) is 27.2. The highest BCUT2D eigenvalue weighted by Gasteiger charge is 2.41. The highest BCUT2D eigenvalue weighted by Crippen LogP contribution is 2.37. The Morgan fingerprint density at radius 1 is 0.957 bits per heavy atom. The van der Waals surface area contributed by atoms with Crippen LogP contribution in [0.1, 0.15) is 81.6 Å². The van der Waals surface area contributed by atoms with Crippen molar-refractivity contribution in [2.45, 2.75) is 81.6 Å². The molecule has 0 fully saturated rings. The molecule has 0 aromatic heterocycles. The van der Waals surface area contributed by atoms with Crippen LogP contribution in [0.5, 0.6) is 0 Å². The minimum atomic E-state index is -0.537. The van der Waals surface area contributed by atoms with Gasteiger partial charge in [0.25, 0.3) is 0 Å². The fourth-order valence-corrected chi connectivity index (χ4v) is 4.04. The van der Waals surface area contributed by atoms with E-state index in [0.717, 1.165) is 19.4 Å². The first kappa shape index (κ1) is 22.1. The summed E-state index contributed by atoms with van der Waals surface area (Å²) in [5, 5.41) is 0. The largest absolute Gasteiger partial charge is 0.345 e. The van der Waals surface area contributed by atoms with Gasteiger partial charge in [-0.2, -0.15) is 0 Å². The third-order valence-electron chi connectivity index (χ3n) is 4.59. The number of hydrogen-bond donors (Lipinski definition) is 0. The molecule has 0 aromatic rings. The van der Waals surface area contributed by atoms with Crippen molar-refractivity contribution in [2.24, 2.45) is 22.2 Å². The van der Waals surface area contributed by atoms with Crippen molar-refractivity contribution in [3.8, 4) is 0 Å². The van der Waals surface area contributed by atoms with Gasteiger partial charge in [0.15, 0.2) is 0 Å². The molecule has 3 heteroatoms. The third kappa shape index (κ3) is 6.64. The van der Waals surface area contributed by atoms with E-state index in [1.54, 1.807) is 0 Å². The first-order chi connectivity index (χ1) is 10.2. The van der Waals surface area contributed by atoms with Crippen molar-refractivity contribution < 1.29 is 9.59 Å². The van der Waals surface area contributed by atoms with Gasteiger partial charge in [0, 0.05) is 30.3 Å². The molecule has 0 heterocycles. The number of carbonyl (C=O) groups excluding carboxylic acids is 2. The van der Waals surface area contributed by atoms with Crippen LogP contribution >= 0.6 is 0 Å². The van der Waals surface area contributed by atoms with Gasteiger partial charge in [-0.25, -0.2) is 0 Å². The molecule has 0 saturated carbocycles.